The Labute approximate surface area is 305 Å². The van der Waals surface area contributed by atoms with Crippen LogP contribution in [-0.2, 0) is 51.2 Å². The Hall–Kier alpha value is -4.63. The predicted molar refractivity (Wildman–Crippen MR) is 192 cm³/mol. The average molecular weight is 730 g/mol. The molecule has 2 atom stereocenters. The summed E-state index contributed by atoms with van der Waals surface area (Å²) in [5, 5.41) is 7.96. The second-order valence-corrected chi connectivity index (χ2v) is 12.8. The molecule has 2 rings (SSSR count). The van der Waals surface area contributed by atoms with Gasteiger partial charge in [0.2, 0.25) is 5.91 Å². The highest BCUT2D eigenvalue weighted by Crippen LogP contribution is 2.19. The number of alkyl carbamates (subject to hydrolysis) is 1. The highest BCUT2D eigenvalue weighted by atomic mass is 16.5. The number of amides is 6. The first-order valence-corrected chi connectivity index (χ1v) is 18.0. The molecule has 15 nitrogen and oxygen atoms in total. The van der Waals surface area contributed by atoms with E-state index in [-0.39, 0.29) is 68.1 Å². The first-order chi connectivity index (χ1) is 24.9. The van der Waals surface area contributed by atoms with Gasteiger partial charge < -0.3 is 35.9 Å². The molecule has 5 N–H and O–H groups in total. The van der Waals surface area contributed by atoms with Crippen LogP contribution in [0.2, 0.25) is 0 Å². The van der Waals surface area contributed by atoms with E-state index in [4.69, 9.17) is 19.9 Å². The number of ketones is 2. The summed E-state index contributed by atoms with van der Waals surface area (Å²) >= 11 is 0. The molecule has 1 aromatic rings. The Morgan fingerprint density at radius 3 is 2.15 bits per heavy atom. The standard InChI is InChI=1S/C37H55N5O10/c1-4-50-21-22-51-20-18-40-37(49)52-25-28-13-11-27(12-14-28)23-32(44)31(10-8-17-39-36(38)48)41-35(47)30(26(2)3)24-29(43)9-6-5-7-19-42-33(45)15-16-34(42)46/h11-16,26,30-31H,4-10,17-25H2,1-3H3,(H,40,49)(H,41,47)(H3,38,39,48)/t30-,31-/m0/s1. The summed E-state index contributed by atoms with van der Waals surface area (Å²) in [6, 6.07) is 5.45. The number of primary amides is 1. The number of nitrogens with one attached hydrogen (secondary N) is 3. The molecule has 0 radical (unpaired) electrons. The number of ether oxygens (including phenoxy) is 3. The normalized spacial score (nSPS) is 13.6. The molecule has 288 valence electrons. The van der Waals surface area contributed by atoms with E-state index in [0.29, 0.717) is 70.8 Å². The number of benzene rings is 1. The van der Waals surface area contributed by atoms with E-state index >= 15 is 0 Å². The number of carbonyl (C=O) groups is 7. The van der Waals surface area contributed by atoms with Gasteiger partial charge in [0.1, 0.15) is 12.4 Å². The number of Topliss-reactive ketones (excluding diaryl/α,β-unsaturated/α-hetero) is 2. The monoisotopic (exact) mass is 729 g/mol. The lowest BCUT2D eigenvalue weighted by Gasteiger charge is -2.24. The molecule has 0 spiro atoms. The van der Waals surface area contributed by atoms with Gasteiger partial charge in [0.15, 0.2) is 5.78 Å². The predicted octanol–water partition coefficient (Wildman–Crippen LogP) is 2.73. The molecule has 0 fully saturated rings. The van der Waals surface area contributed by atoms with Crippen LogP contribution in [-0.4, -0.2) is 98.4 Å². The van der Waals surface area contributed by atoms with E-state index in [1.165, 1.54) is 17.1 Å². The van der Waals surface area contributed by atoms with Gasteiger partial charge in [-0.25, -0.2) is 9.59 Å². The third kappa shape index (κ3) is 17.5. The summed E-state index contributed by atoms with van der Waals surface area (Å²) in [4.78, 5) is 87.5. The molecule has 1 heterocycles. The van der Waals surface area contributed by atoms with Crippen molar-refractivity contribution in [1.29, 1.82) is 0 Å². The molecular formula is C37H55N5O10. The van der Waals surface area contributed by atoms with E-state index in [9.17, 15) is 33.6 Å². The van der Waals surface area contributed by atoms with Gasteiger partial charge in [0.05, 0.1) is 25.9 Å². The zero-order valence-electron chi connectivity index (χ0n) is 30.6. The van der Waals surface area contributed by atoms with Gasteiger partial charge >= 0.3 is 12.1 Å². The van der Waals surface area contributed by atoms with Crippen molar-refractivity contribution in [2.75, 3.05) is 46.1 Å². The van der Waals surface area contributed by atoms with E-state index in [1.807, 2.05) is 20.8 Å². The van der Waals surface area contributed by atoms with Gasteiger partial charge in [-0.3, -0.25) is 28.9 Å². The van der Waals surface area contributed by atoms with Crippen LogP contribution >= 0.6 is 0 Å². The first-order valence-electron chi connectivity index (χ1n) is 18.0. The maximum absolute atomic E-state index is 13.5. The van der Waals surface area contributed by atoms with Gasteiger partial charge in [-0.05, 0) is 49.7 Å². The lowest BCUT2D eigenvalue weighted by molar-refractivity contribution is -0.137. The van der Waals surface area contributed by atoms with Crippen LogP contribution < -0.4 is 21.7 Å². The van der Waals surface area contributed by atoms with Crippen LogP contribution in [0.4, 0.5) is 9.59 Å². The number of hydrogen-bond donors (Lipinski definition) is 4. The summed E-state index contributed by atoms with van der Waals surface area (Å²) in [6.45, 7) is 8.32. The van der Waals surface area contributed by atoms with Crippen molar-refractivity contribution in [2.24, 2.45) is 17.6 Å². The van der Waals surface area contributed by atoms with Crippen molar-refractivity contribution in [3.63, 3.8) is 0 Å². The molecule has 1 aromatic carbocycles. The summed E-state index contributed by atoms with van der Waals surface area (Å²) in [6.07, 6.45) is 4.62. The molecule has 1 aliphatic rings. The molecule has 6 amide bonds. The number of urea groups is 1. The fourth-order valence-corrected chi connectivity index (χ4v) is 5.38. The van der Waals surface area contributed by atoms with Crippen LogP contribution in [0.15, 0.2) is 36.4 Å². The minimum Gasteiger partial charge on any atom is -0.445 e. The molecule has 0 bridgehead atoms. The highest BCUT2D eigenvalue weighted by Gasteiger charge is 2.29. The number of hydrogen-bond acceptors (Lipinski definition) is 10. The lowest BCUT2D eigenvalue weighted by Crippen LogP contribution is -2.46. The van der Waals surface area contributed by atoms with E-state index in [0.717, 1.165) is 5.56 Å². The molecule has 0 aromatic heterocycles. The SMILES string of the molecule is CCOCCOCCNC(=O)OCc1ccc(CC(=O)[C@H](CCCNC(N)=O)NC(=O)[C@@H](CC(=O)CCCCCN2C(=O)C=CC2=O)C(C)C)cc1. The number of carbonyl (C=O) groups excluding carboxylic acids is 7. The van der Waals surface area contributed by atoms with Gasteiger partial charge in [0, 0.05) is 63.6 Å². The van der Waals surface area contributed by atoms with Crippen LogP contribution in [0.1, 0.15) is 76.8 Å². The van der Waals surface area contributed by atoms with Crippen LogP contribution in [0.25, 0.3) is 0 Å². The van der Waals surface area contributed by atoms with Crippen molar-refractivity contribution < 1.29 is 47.8 Å². The van der Waals surface area contributed by atoms with Crippen LogP contribution in [0.5, 0.6) is 0 Å². The van der Waals surface area contributed by atoms with Crippen molar-refractivity contribution in [1.82, 2.24) is 20.9 Å². The topological polar surface area (TPSA) is 213 Å². The van der Waals surface area contributed by atoms with Crippen molar-refractivity contribution in [2.45, 2.75) is 84.8 Å². The van der Waals surface area contributed by atoms with E-state index < -0.39 is 30.0 Å². The minimum atomic E-state index is -0.862. The molecule has 15 heteroatoms. The Kier molecular flexibility index (Phi) is 20.5. The van der Waals surface area contributed by atoms with Gasteiger partial charge in [-0.15, -0.1) is 0 Å². The highest BCUT2D eigenvalue weighted by molar-refractivity contribution is 6.12. The second kappa shape index (κ2) is 24.5. The van der Waals surface area contributed by atoms with Crippen LogP contribution in [0.3, 0.4) is 0 Å². The molecule has 0 unspecified atom stereocenters. The number of unbranched alkanes of at least 4 members (excludes halogenated alkanes) is 2. The van der Waals surface area contributed by atoms with Gasteiger partial charge in [-0.1, -0.05) is 44.5 Å². The third-order valence-corrected chi connectivity index (χ3v) is 8.36. The molecular weight excluding hydrogens is 674 g/mol. The quantitative estimate of drug-likeness (QED) is 0.0768. The molecule has 0 saturated carbocycles. The zero-order valence-corrected chi connectivity index (χ0v) is 30.6. The Morgan fingerprint density at radius 1 is 0.827 bits per heavy atom. The van der Waals surface area contributed by atoms with E-state index in [2.05, 4.69) is 16.0 Å². The van der Waals surface area contributed by atoms with Crippen molar-refractivity contribution in [3.8, 4) is 0 Å². The van der Waals surface area contributed by atoms with Crippen molar-refractivity contribution in [3.05, 3.63) is 47.5 Å². The summed E-state index contributed by atoms with van der Waals surface area (Å²) in [5.74, 6) is -2.21. The second-order valence-electron chi connectivity index (χ2n) is 12.8. The Balaban J connectivity index is 1.87. The fraction of sp³-hybridized carbons (Fsp3) is 0.595. The molecule has 0 aliphatic carbocycles. The lowest BCUT2D eigenvalue weighted by atomic mass is 9.88. The third-order valence-electron chi connectivity index (χ3n) is 8.36. The minimum absolute atomic E-state index is 0.0183. The molecule has 52 heavy (non-hydrogen) atoms. The number of imide groups is 1. The van der Waals surface area contributed by atoms with E-state index in [1.54, 1.807) is 24.3 Å². The number of nitrogens with two attached hydrogens (primary N) is 1. The molecule has 1 aliphatic heterocycles. The Bertz CT molecular complexity index is 1350. The zero-order chi connectivity index (χ0) is 38.3. The smallest absolute Gasteiger partial charge is 0.407 e. The number of nitrogens with zero attached hydrogens (tertiary/aromatic N) is 1. The number of rotatable bonds is 27. The van der Waals surface area contributed by atoms with Crippen LogP contribution in [0, 0.1) is 11.8 Å². The largest absolute Gasteiger partial charge is 0.445 e. The van der Waals surface area contributed by atoms with Gasteiger partial charge in [0.25, 0.3) is 11.8 Å². The van der Waals surface area contributed by atoms with Gasteiger partial charge in [-0.2, -0.15) is 0 Å². The fourth-order valence-electron chi connectivity index (χ4n) is 5.38. The average Bonchev–Trinajstić information content (AvgIpc) is 3.43. The maximum atomic E-state index is 13.5. The van der Waals surface area contributed by atoms with Crippen molar-refractivity contribution >= 4 is 41.4 Å². The summed E-state index contributed by atoms with van der Waals surface area (Å²) in [5.41, 5.74) is 6.59. The first kappa shape index (κ1) is 43.5. The molecule has 0 saturated heterocycles. The summed E-state index contributed by atoms with van der Waals surface area (Å²) < 4.78 is 15.8. The Morgan fingerprint density at radius 2 is 1.50 bits per heavy atom. The summed E-state index contributed by atoms with van der Waals surface area (Å²) in [7, 11) is 0. The maximum Gasteiger partial charge on any atom is 0.407 e.